The summed E-state index contributed by atoms with van der Waals surface area (Å²) in [5.41, 5.74) is 0.780. The van der Waals surface area contributed by atoms with Crippen LogP contribution in [0.4, 0.5) is 0 Å². The highest BCUT2D eigenvalue weighted by Crippen LogP contribution is 2.38. The Bertz CT molecular complexity index is 1130. The van der Waals surface area contributed by atoms with Gasteiger partial charge < -0.3 is 39.0 Å². The molecule has 0 unspecified atom stereocenters. The molecule has 2 heterocycles. The van der Waals surface area contributed by atoms with E-state index in [0.29, 0.717) is 5.69 Å². The van der Waals surface area contributed by atoms with Gasteiger partial charge in [-0.1, -0.05) is 29.3 Å². The van der Waals surface area contributed by atoms with Crippen molar-refractivity contribution < 1.29 is 48.6 Å². The predicted molar refractivity (Wildman–Crippen MR) is 130 cm³/mol. The second kappa shape index (κ2) is 12.8. The molecule has 1 aromatic carbocycles. The first-order chi connectivity index (χ1) is 17.6. The fourth-order valence-electron chi connectivity index (χ4n) is 3.62. The highest BCUT2D eigenvalue weighted by atomic mass is 35.5. The summed E-state index contributed by atoms with van der Waals surface area (Å²) in [6.45, 7) is 2.78. The molecule has 3 N–H and O–H groups in total. The molecule has 0 bridgehead atoms. The molecule has 1 aliphatic heterocycles. The van der Waals surface area contributed by atoms with E-state index >= 15 is 0 Å². The second-order valence-corrected chi connectivity index (χ2v) is 8.79. The Labute approximate surface area is 222 Å². The predicted octanol–water partition coefficient (Wildman–Crippen LogP) is 2.06. The van der Waals surface area contributed by atoms with E-state index in [2.05, 4.69) is 4.98 Å². The lowest BCUT2D eigenvalue weighted by Crippen LogP contribution is -2.60. The minimum Gasteiger partial charge on any atom is -0.484 e. The topological polar surface area (TPSA) is 154 Å². The number of carbonyl (C=O) groups is 2. The second-order valence-electron chi connectivity index (χ2n) is 8.01. The van der Waals surface area contributed by atoms with E-state index in [1.807, 2.05) is 0 Å². The largest absolute Gasteiger partial charge is 0.484 e. The zero-order valence-electron chi connectivity index (χ0n) is 20.2. The summed E-state index contributed by atoms with van der Waals surface area (Å²) in [5.74, 6) is -1.40. The zero-order valence-corrected chi connectivity index (χ0v) is 21.7. The van der Waals surface area contributed by atoms with Crippen LogP contribution in [0.15, 0.2) is 24.3 Å². The van der Waals surface area contributed by atoms with Gasteiger partial charge in [-0.25, -0.2) is 14.6 Å². The molecule has 202 valence electrons. The van der Waals surface area contributed by atoms with Gasteiger partial charge >= 0.3 is 11.9 Å². The number of rotatable bonds is 9. The standard InChI is InChI=1S/C24H27Cl2NO10/c1-4-34-23(32)15-7-5-6-12(27-15)10-35-20-14(25)8-13(11(2)17(20)26)22(31)37-21-19(30)18(29)16(9-28)36-24(21)33-3/h5-8,16,18-19,21,24,28-30H,4,9-10H2,1-3H3/t16-,18-,19+,21-,24+/m1/s1. The minimum atomic E-state index is -1.59. The van der Waals surface area contributed by atoms with Gasteiger partial charge in [-0.15, -0.1) is 0 Å². The molecule has 1 aromatic heterocycles. The summed E-state index contributed by atoms with van der Waals surface area (Å²) < 4.78 is 26.5. The Hall–Kier alpha value is -2.51. The van der Waals surface area contributed by atoms with E-state index in [1.54, 1.807) is 26.0 Å². The van der Waals surface area contributed by atoms with Crippen LogP contribution in [0.1, 0.15) is 39.0 Å². The summed E-state index contributed by atoms with van der Waals surface area (Å²) >= 11 is 12.8. The summed E-state index contributed by atoms with van der Waals surface area (Å²) in [7, 11) is 1.26. The van der Waals surface area contributed by atoms with Crippen molar-refractivity contribution in [1.82, 2.24) is 4.98 Å². The number of esters is 2. The molecule has 0 spiro atoms. The van der Waals surface area contributed by atoms with Crippen LogP contribution in [0.2, 0.25) is 10.0 Å². The number of methoxy groups -OCH3 is 1. The molecule has 2 aromatic rings. The number of pyridine rings is 1. The highest BCUT2D eigenvalue weighted by molar-refractivity contribution is 6.38. The molecule has 1 saturated heterocycles. The molecule has 11 nitrogen and oxygen atoms in total. The quantitative estimate of drug-likeness (QED) is 0.386. The van der Waals surface area contributed by atoms with Gasteiger partial charge in [0.1, 0.15) is 30.6 Å². The van der Waals surface area contributed by atoms with Crippen molar-refractivity contribution in [2.75, 3.05) is 20.3 Å². The summed E-state index contributed by atoms with van der Waals surface area (Å²) in [6.07, 6.45) is -6.88. The fourth-order valence-corrected chi connectivity index (χ4v) is 4.19. The van der Waals surface area contributed by atoms with E-state index in [0.717, 1.165) is 0 Å². The highest BCUT2D eigenvalue weighted by Gasteiger charge is 2.47. The Morgan fingerprint density at radius 3 is 2.54 bits per heavy atom. The van der Waals surface area contributed by atoms with E-state index in [9.17, 15) is 24.9 Å². The van der Waals surface area contributed by atoms with Crippen molar-refractivity contribution >= 4 is 35.1 Å². The molecule has 0 saturated carbocycles. The number of halogens is 2. The molecule has 1 aliphatic rings. The average molecular weight is 560 g/mol. The number of aliphatic hydroxyl groups excluding tert-OH is 3. The van der Waals surface area contributed by atoms with Gasteiger partial charge in [-0.05, 0) is 37.6 Å². The zero-order chi connectivity index (χ0) is 27.3. The Morgan fingerprint density at radius 2 is 1.89 bits per heavy atom. The van der Waals surface area contributed by atoms with Crippen molar-refractivity contribution in [3.8, 4) is 5.75 Å². The molecule has 5 atom stereocenters. The first kappa shape index (κ1) is 29.1. The number of ether oxygens (including phenoxy) is 5. The summed E-state index contributed by atoms with van der Waals surface area (Å²) in [6, 6.07) is 6.07. The monoisotopic (exact) mass is 559 g/mol. The van der Waals surface area contributed by atoms with Gasteiger partial charge in [-0.2, -0.15) is 0 Å². The number of nitrogens with zero attached hydrogens (tertiary/aromatic N) is 1. The van der Waals surface area contributed by atoms with Crippen molar-refractivity contribution in [2.24, 2.45) is 0 Å². The molecular weight excluding hydrogens is 533 g/mol. The van der Waals surface area contributed by atoms with Crippen LogP contribution >= 0.6 is 23.2 Å². The average Bonchev–Trinajstić information content (AvgIpc) is 2.89. The maximum absolute atomic E-state index is 13.0. The Kier molecular flexibility index (Phi) is 10.1. The van der Waals surface area contributed by atoms with E-state index in [-0.39, 0.29) is 45.8 Å². The van der Waals surface area contributed by atoms with Crippen LogP contribution in [0, 0.1) is 6.92 Å². The lowest BCUT2D eigenvalue weighted by Gasteiger charge is -2.40. The summed E-state index contributed by atoms with van der Waals surface area (Å²) in [4.78, 5) is 29.1. The molecule has 37 heavy (non-hydrogen) atoms. The molecule has 3 rings (SSSR count). The van der Waals surface area contributed by atoms with Crippen molar-refractivity contribution in [3.05, 3.63) is 56.8 Å². The summed E-state index contributed by atoms with van der Waals surface area (Å²) in [5, 5.41) is 29.9. The van der Waals surface area contributed by atoms with Gasteiger partial charge in [0.05, 0.1) is 34.5 Å². The van der Waals surface area contributed by atoms with Crippen molar-refractivity contribution in [2.45, 2.75) is 51.2 Å². The third-order valence-corrected chi connectivity index (χ3v) is 6.33. The molecular formula is C24H27Cl2NO10. The van der Waals surface area contributed by atoms with Crippen LogP contribution in [-0.4, -0.2) is 83.3 Å². The van der Waals surface area contributed by atoms with Crippen LogP contribution in [0.25, 0.3) is 0 Å². The van der Waals surface area contributed by atoms with E-state index in [4.69, 9.17) is 46.9 Å². The number of benzene rings is 1. The molecule has 0 amide bonds. The smallest absolute Gasteiger partial charge is 0.356 e. The van der Waals surface area contributed by atoms with Crippen molar-refractivity contribution in [1.29, 1.82) is 0 Å². The Balaban J connectivity index is 1.77. The molecule has 0 radical (unpaired) electrons. The maximum Gasteiger partial charge on any atom is 0.356 e. The molecule has 0 aliphatic carbocycles. The third-order valence-electron chi connectivity index (χ3n) is 5.60. The van der Waals surface area contributed by atoms with E-state index < -0.39 is 49.3 Å². The molecule has 13 heteroatoms. The van der Waals surface area contributed by atoms with Gasteiger partial charge in [0.2, 0.25) is 0 Å². The molecule has 1 fully saturated rings. The van der Waals surface area contributed by atoms with Gasteiger partial charge in [0.15, 0.2) is 18.1 Å². The fraction of sp³-hybridized carbons (Fsp3) is 0.458. The van der Waals surface area contributed by atoms with Crippen molar-refractivity contribution in [3.63, 3.8) is 0 Å². The number of aliphatic hydroxyl groups is 3. The van der Waals surface area contributed by atoms with Gasteiger partial charge in [-0.3, -0.25) is 0 Å². The number of hydrogen-bond acceptors (Lipinski definition) is 11. The SMILES string of the molecule is CCOC(=O)c1cccc(COc2c(Cl)cc(C(=O)O[C@H]3[C@@H](OC)O[C@H](CO)[C@@H](O)[C@@H]3O)c(C)c2Cl)n1. The normalized spacial score (nSPS) is 23.4. The minimum absolute atomic E-state index is 0.00629. The van der Waals surface area contributed by atoms with Crippen LogP contribution in [0.3, 0.4) is 0 Å². The third kappa shape index (κ3) is 6.50. The van der Waals surface area contributed by atoms with Crippen LogP contribution in [0.5, 0.6) is 5.75 Å². The van der Waals surface area contributed by atoms with Crippen LogP contribution < -0.4 is 4.74 Å². The number of hydrogen-bond donors (Lipinski definition) is 3. The first-order valence-corrected chi connectivity index (χ1v) is 12.0. The Morgan fingerprint density at radius 1 is 1.16 bits per heavy atom. The lowest BCUT2D eigenvalue weighted by molar-refractivity contribution is -0.293. The maximum atomic E-state index is 13.0. The van der Waals surface area contributed by atoms with Crippen LogP contribution in [-0.2, 0) is 25.6 Å². The lowest BCUT2D eigenvalue weighted by atomic mass is 9.99. The van der Waals surface area contributed by atoms with E-state index in [1.165, 1.54) is 19.2 Å². The van der Waals surface area contributed by atoms with Gasteiger partial charge in [0.25, 0.3) is 0 Å². The number of carbonyl (C=O) groups excluding carboxylic acids is 2. The number of aromatic nitrogens is 1. The first-order valence-electron chi connectivity index (χ1n) is 11.2. The van der Waals surface area contributed by atoms with Gasteiger partial charge in [0, 0.05) is 7.11 Å².